The molecule has 0 spiro atoms. The highest BCUT2D eigenvalue weighted by Crippen LogP contribution is 2.20. The Kier molecular flexibility index (Phi) is 4.24. The van der Waals surface area contributed by atoms with E-state index in [0.29, 0.717) is 18.8 Å². The van der Waals surface area contributed by atoms with Gasteiger partial charge in [-0.25, -0.2) is 0 Å². The molecule has 1 aliphatic heterocycles. The molecule has 3 rings (SSSR count). The van der Waals surface area contributed by atoms with Crippen LogP contribution in [0.5, 0.6) is 5.75 Å². The highest BCUT2D eigenvalue weighted by Gasteiger charge is 2.19. The van der Waals surface area contributed by atoms with E-state index >= 15 is 0 Å². The lowest BCUT2D eigenvalue weighted by Gasteiger charge is -2.22. The summed E-state index contributed by atoms with van der Waals surface area (Å²) in [6, 6.07) is 5.40. The fourth-order valence-corrected chi connectivity index (χ4v) is 3.03. The molecule has 5 nitrogen and oxygen atoms in total. The zero-order chi connectivity index (χ0) is 15.5. The monoisotopic (exact) mass is 299 g/mol. The van der Waals surface area contributed by atoms with E-state index in [1.165, 1.54) is 18.9 Å². The maximum absolute atomic E-state index is 11.9. The van der Waals surface area contributed by atoms with Crippen LogP contribution in [0.15, 0.2) is 35.4 Å². The number of aryl methyl sites for hydroxylation is 1. The number of aromatic hydroxyl groups is 1. The molecule has 1 aliphatic rings. The van der Waals surface area contributed by atoms with Crippen molar-refractivity contribution in [3.63, 3.8) is 0 Å². The van der Waals surface area contributed by atoms with Gasteiger partial charge in [-0.05, 0) is 44.5 Å². The predicted octanol–water partition coefficient (Wildman–Crippen LogP) is 1.90. The lowest BCUT2D eigenvalue weighted by Crippen LogP contribution is -2.25. The second-order valence-corrected chi connectivity index (χ2v) is 5.88. The van der Waals surface area contributed by atoms with Crippen LogP contribution in [0.25, 0.3) is 0 Å². The second-order valence-electron chi connectivity index (χ2n) is 5.88. The summed E-state index contributed by atoms with van der Waals surface area (Å²) in [6.07, 6.45) is 5.91. The number of nitrogens with zero attached hydrogens (tertiary/aromatic N) is 3. The molecule has 0 saturated carbocycles. The Labute approximate surface area is 129 Å². The predicted molar refractivity (Wildman–Crippen MR) is 85.0 cm³/mol. The van der Waals surface area contributed by atoms with Gasteiger partial charge in [-0.1, -0.05) is 6.07 Å². The standard InChI is InChI=1S/C17H21N3O2/c1-13-9-16(21)17(22)15(12-19-7-2-3-8-19)20(13)11-14-5-4-6-18-10-14/h4-6,9-10,22H,2-3,7-8,11-12H2,1H3. The van der Waals surface area contributed by atoms with E-state index < -0.39 is 0 Å². The van der Waals surface area contributed by atoms with Crippen LogP contribution in [0.3, 0.4) is 0 Å². The molecule has 0 unspecified atom stereocenters. The van der Waals surface area contributed by atoms with Crippen LogP contribution in [-0.4, -0.2) is 32.6 Å². The van der Waals surface area contributed by atoms with Crippen LogP contribution in [0.4, 0.5) is 0 Å². The van der Waals surface area contributed by atoms with E-state index in [4.69, 9.17) is 0 Å². The number of pyridine rings is 2. The molecule has 0 atom stereocenters. The highest BCUT2D eigenvalue weighted by atomic mass is 16.3. The Balaban J connectivity index is 1.99. The van der Waals surface area contributed by atoms with Crippen molar-refractivity contribution < 1.29 is 5.11 Å². The summed E-state index contributed by atoms with van der Waals surface area (Å²) in [7, 11) is 0. The summed E-state index contributed by atoms with van der Waals surface area (Å²) in [6.45, 7) is 5.17. The molecule has 2 aromatic heterocycles. The third-order valence-corrected chi connectivity index (χ3v) is 4.23. The first kappa shape index (κ1) is 14.8. The molecule has 22 heavy (non-hydrogen) atoms. The molecule has 1 N–H and O–H groups in total. The highest BCUT2D eigenvalue weighted by molar-refractivity contribution is 5.31. The fourth-order valence-electron chi connectivity index (χ4n) is 3.03. The van der Waals surface area contributed by atoms with Gasteiger partial charge in [-0.15, -0.1) is 0 Å². The zero-order valence-electron chi connectivity index (χ0n) is 12.8. The Morgan fingerprint density at radius 1 is 1.27 bits per heavy atom. The van der Waals surface area contributed by atoms with Crippen LogP contribution in [0.2, 0.25) is 0 Å². The number of hydrogen-bond donors (Lipinski definition) is 1. The summed E-state index contributed by atoms with van der Waals surface area (Å²) >= 11 is 0. The average molecular weight is 299 g/mol. The first-order valence-corrected chi connectivity index (χ1v) is 7.68. The van der Waals surface area contributed by atoms with Gasteiger partial charge < -0.3 is 9.67 Å². The molecule has 0 bridgehead atoms. The quantitative estimate of drug-likeness (QED) is 0.937. The SMILES string of the molecule is Cc1cc(=O)c(O)c(CN2CCCC2)n1Cc1cccnc1. The Morgan fingerprint density at radius 2 is 2.05 bits per heavy atom. The largest absolute Gasteiger partial charge is 0.503 e. The zero-order valence-corrected chi connectivity index (χ0v) is 12.8. The molecule has 1 saturated heterocycles. The van der Waals surface area contributed by atoms with Crippen molar-refractivity contribution in [1.29, 1.82) is 0 Å². The third-order valence-electron chi connectivity index (χ3n) is 4.23. The van der Waals surface area contributed by atoms with Crippen molar-refractivity contribution in [3.05, 3.63) is 57.8 Å². The Morgan fingerprint density at radius 3 is 2.73 bits per heavy atom. The second kappa shape index (κ2) is 6.32. The van der Waals surface area contributed by atoms with Gasteiger partial charge in [0.2, 0.25) is 5.43 Å². The molecular weight excluding hydrogens is 278 g/mol. The van der Waals surface area contributed by atoms with Crippen molar-refractivity contribution in [1.82, 2.24) is 14.5 Å². The summed E-state index contributed by atoms with van der Waals surface area (Å²) in [5, 5.41) is 10.3. The minimum absolute atomic E-state index is 0.124. The molecule has 5 heteroatoms. The molecule has 3 heterocycles. The summed E-state index contributed by atoms with van der Waals surface area (Å²) in [5.74, 6) is -0.124. The maximum atomic E-state index is 11.9. The molecule has 0 radical (unpaired) electrons. The average Bonchev–Trinajstić information content (AvgIpc) is 3.02. The number of likely N-dealkylation sites (tertiary alicyclic amines) is 1. The normalized spacial score (nSPS) is 15.3. The van der Waals surface area contributed by atoms with Crippen LogP contribution < -0.4 is 5.43 Å². The van der Waals surface area contributed by atoms with Crippen LogP contribution in [-0.2, 0) is 13.1 Å². The minimum atomic E-state index is -0.297. The topological polar surface area (TPSA) is 58.4 Å². The lowest BCUT2D eigenvalue weighted by molar-refractivity contribution is 0.310. The maximum Gasteiger partial charge on any atom is 0.223 e. The third kappa shape index (κ3) is 3.04. The van der Waals surface area contributed by atoms with Crippen molar-refractivity contribution in [2.75, 3.05) is 13.1 Å². The molecule has 0 aliphatic carbocycles. The number of hydrogen-bond acceptors (Lipinski definition) is 4. The summed E-state index contributed by atoms with van der Waals surface area (Å²) in [4.78, 5) is 18.4. The van der Waals surface area contributed by atoms with Gasteiger partial charge >= 0.3 is 0 Å². The fraction of sp³-hybridized carbons (Fsp3) is 0.412. The minimum Gasteiger partial charge on any atom is -0.503 e. The van der Waals surface area contributed by atoms with Gasteiger partial charge in [0, 0.05) is 37.2 Å². The van der Waals surface area contributed by atoms with E-state index in [2.05, 4.69) is 9.88 Å². The van der Waals surface area contributed by atoms with Crippen LogP contribution in [0, 0.1) is 6.92 Å². The van der Waals surface area contributed by atoms with E-state index in [0.717, 1.165) is 24.3 Å². The molecular formula is C17H21N3O2. The van der Waals surface area contributed by atoms with E-state index in [1.54, 1.807) is 6.20 Å². The van der Waals surface area contributed by atoms with Crippen molar-refractivity contribution in [2.45, 2.75) is 32.9 Å². The van der Waals surface area contributed by atoms with Crippen molar-refractivity contribution in [2.24, 2.45) is 0 Å². The smallest absolute Gasteiger partial charge is 0.223 e. The van der Waals surface area contributed by atoms with Gasteiger partial charge in [0.05, 0.1) is 5.69 Å². The number of rotatable bonds is 4. The molecule has 0 aromatic carbocycles. The summed E-state index contributed by atoms with van der Waals surface area (Å²) < 4.78 is 2.02. The van der Waals surface area contributed by atoms with Gasteiger partial charge in [0.25, 0.3) is 0 Å². The van der Waals surface area contributed by atoms with E-state index in [1.807, 2.05) is 29.8 Å². The van der Waals surface area contributed by atoms with Gasteiger partial charge in [-0.2, -0.15) is 0 Å². The van der Waals surface area contributed by atoms with Crippen molar-refractivity contribution >= 4 is 0 Å². The van der Waals surface area contributed by atoms with Crippen LogP contribution >= 0.6 is 0 Å². The van der Waals surface area contributed by atoms with Crippen molar-refractivity contribution in [3.8, 4) is 5.75 Å². The summed E-state index contributed by atoms with van der Waals surface area (Å²) in [5.41, 5.74) is 2.32. The molecule has 116 valence electrons. The molecule has 0 amide bonds. The first-order chi connectivity index (χ1) is 10.6. The van der Waals surface area contributed by atoms with E-state index in [-0.39, 0.29) is 11.2 Å². The number of aromatic nitrogens is 2. The Bertz CT molecular complexity index is 704. The van der Waals surface area contributed by atoms with Crippen LogP contribution in [0.1, 0.15) is 29.8 Å². The molecule has 1 fully saturated rings. The molecule has 2 aromatic rings. The lowest BCUT2D eigenvalue weighted by atomic mass is 10.2. The van der Waals surface area contributed by atoms with Gasteiger partial charge in [0.1, 0.15) is 0 Å². The first-order valence-electron chi connectivity index (χ1n) is 7.68. The van der Waals surface area contributed by atoms with Gasteiger partial charge in [-0.3, -0.25) is 14.7 Å². The van der Waals surface area contributed by atoms with E-state index in [9.17, 15) is 9.90 Å². The Hall–Kier alpha value is -2.14. The van der Waals surface area contributed by atoms with Gasteiger partial charge in [0.15, 0.2) is 5.75 Å².